The Bertz CT molecular complexity index is 1400. The first-order valence-corrected chi connectivity index (χ1v) is 13.2. The Morgan fingerprint density at radius 1 is 1.08 bits per heavy atom. The Balaban J connectivity index is 1.32. The maximum atomic E-state index is 13.5. The molecule has 0 amide bonds. The third-order valence-electron chi connectivity index (χ3n) is 7.55. The highest BCUT2D eigenvalue weighted by Gasteiger charge is 2.33. The fourth-order valence-electron chi connectivity index (χ4n) is 5.57. The van der Waals surface area contributed by atoms with E-state index in [-0.39, 0.29) is 17.7 Å². The molecule has 0 bridgehead atoms. The highest BCUT2D eigenvalue weighted by molar-refractivity contribution is 5.79. The van der Waals surface area contributed by atoms with Crippen molar-refractivity contribution in [1.29, 1.82) is 0 Å². The third kappa shape index (κ3) is 5.20. The minimum absolute atomic E-state index is 0.0959. The summed E-state index contributed by atoms with van der Waals surface area (Å²) in [7, 11) is 0. The molecular formula is C28H33N7O2. The molecule has 6 rings (SSSR count). The van der Waals surface area contributed by atoms with E-state index < -0.39 is 0 Å². The van der Waals surface area contributed by atoms with Crippen LogP contribution in [0.25, 0.3) is 10.9 Å². The number of tetrazole rings is 1. The predicted octanol–water partition coefficient (Wildman–Crippen LogP) is 2.91. The molecule has 2 aromatic carbocycles. The van der Waals surface area contributed by atoms with Crippen molar-refractivity contribution in [2.45, 2.75) is 45.0 Å². The minimum atomic E-state index is -0.343. The molecule has 9 nitrogen and oxygen atoms in total. The number of fused-ring (bicyclic) bond motifs is 1. The summed E-state index contributed by atoms with van der Waals surface area (Å²) in [6.45, 7) is 7.77. The molecule has 192 valence electrons. The lowest BCUT2D eigenvalue weighted by Crippen LogP contribution is -2.48. The maximum absolute atomic E-state index is 13.5. The monoisotopic (exact) mass is 499 g/mol. The standard InChI is InChI=1S/C28H33N7O2/c1-20-9-10-22-17-24(28(36)29-25(22)16-20)26(27-30-31-32-35(27)19-23-8-5-15-37-23)34-13-11-33(12-14-34)18-21-6-3-2-4-7-21/h2-4,6-7,9-10,16-17,23,26H,5,8,11-15,18-19H2,1H3,(H,29,36)/t23-,26-/m1/s1. The maximum Gasteiger partial charge on any atom is 0.253 e. The topological polar surface area (TPSA) is 92.2 Å². The number of hydrogen-bond acceptors (Lipinski definition) is 7. The molecule has 0 aliphatic carbocycles. The fourth-order valence-corrected chi connectivity index (χ4v) is 5.57. The molecule has 4 heterocycles. The van der Waals surface area contributed by atoms with Crippen LogP contribution in [-0.2, 0) is 17.8 Å². The van der Waals surface area contributed by atoms with E-state index in [0.29, 0.717) is 17.9 Å². The van der Waals surface area contributed by atoms with Crippen molar-refractivity contribution in [1.82, 2.24) is 35.0 Å². The smallest absolute Gasteiger partial charge is 0.253 e. The number of nitrogens with one attached hydrogen (secondary N) is 1. The van der Waals surface area contributed by atoms with Gasteiger partial charge in [0.05, 0.1) is 12.6 Å². The zero-order valence-electron chi connectivity index (χ0n) is 21.2. The zero-order chi connectivity index (χ0) is 25.2. The summed E-state index contributed by atoms with van der Waals surface area (Å²) in [4.78, 5) is 21.4. The lowest BCUT2D eigenvalue weighted by molar-refractivity contribution is 0.0840. The summed E-state index contributed by atoms with van der Waals surface area (Å²) < 4.78 is 7.71. The van der Waals surface area contributed by atoms with Crippen LogP contribution < -0.4 is 5.56 Å². The first-order chi connectivity index (χ1) is 18.1. The molecule has 2 saturated heterocycles. The summed E-state index contributed by atoms with van der Waals surface area (Å²) >= 11 is 0. The van der Waals surface area contributed by atoms with E-state index in [4.69, 9.17) is 4.74 Å². The molecule has 2 aromatic heterocycles. The average molecular weight is 500 g/mol. The average Bonchev–Trinajstić information content (AvgIpc) is 3.59. The second-order valence-corrected chi connectivity index (χ2v) is 10.2. The number of ether oxygens (including phenoxy) is 1. The van der Waals surface area contributed by atoms with Gasteiger partial charge in [-0.25, -0.2) is 4.68 Å². The lowest BCUT2D eigenvalue weighted by Gasteiger charge is -2.38. The quantitative estimate of drug-likeness (QED) is 0.418. The van der Waals surface area contributed by atoms with E-state index >= 15 is 0 Å². The van der Waals surface area contributed by atoms with Gasteiger partial charge in [-0.2, -0.15) is 0 Å². The molecule has 2 aliphatic heterocycles. The molecule has 0 unspecified atom stereocenters. The molecule has 2 fully saturated rings. The molecule has 9 heteroatoms. The highest BCUT2D eigenvalue weighted by Crippen LogP contribution is 2.29. The zero-order valence-corrected chi connectivity index (χ0v) is 21.2. The van der Waals surface area contributed by atoms with Gasteiger partial charge < -0.3 is 9.72 Å². The normalized spacial score (nSPS) is 20.0. The number of H-pyrrole nitrogens is 1. The number of aryl methyl sites for hydroxylation is 1. The van der Waals surface area contributed by atoms with E-state index in [9.17, 15) is 4.79 Å². The van der Waals surface area contributed by atoms with Crippen LogP contribution in [-0.4, -0.2) is 73.9 Å². The van der Waals surface area contributed by atoms with Crippen LogP contribution in [0.5, 0.6) is 0 Å². The number of hydrogen-bond donors (Lipinski definition) is 1. The van der Waals surface area contributed by atoms with Gasteiger partial charge in [0.25, 0.3) is 5.56 Å². The van der Waals surface area contributed by atoms with Gasteiger partial charge in [0, 0.05) is 50.4 Å². The molecule has 4 aromatic rings. The second kappa shape index (κ2) is 10.5. The van der Waals surface area contributed by atoms with Crippen molar-refractivity contribution in [2.24, 2.45) is 0 Å². The van der Waals surface area contributed by atoms with Crippen LogP contribution in [0.4, 0.5) is 0 Å². The summed E-state index contributed by atoms with van der Waals surface area (Å²) in [6.07, 6.45) is 2.15. The Morgan fingerprint density at radius 2 is 1.92 bits per heavy atom. The van der Waals surface area contributed by atoms with Gasteiger partial charge in [0.1, 0.15) is 6.04 Å². The van der Waals surface area contributed by atoms with E-state index in [0.717, 1.165) is 68.6 Å². The summed E-state index contributed by atoms with van der Waals surface area (Å²) in [5.74, 6) is 0.698. The summed E-state index contributed by atoms with van der Waals surface area (Å²) in [5.41, 5.74) is 3.86. The van der Waals surface area contributed by atoms with Gasteiger partial charge >= 0.3 is 0 Å². The number of nitrogens with zero attached hydrogens (tertiary/aromatic N) is 6. The molecule has 1 N–H and O–H groups in total. The first kappa shape index (κ1) is 24.0. The van der Waals surface area contributed by atoms with E-state index in [1.54, 1.807) is 0 Å². The van der Waals surface area contributed by atoms with Crippen LogP contribution in [0.3, 0.4) is 0 Å². The van der Waals surface area contributed by atoms with Crippen LogP contribution >= 0.6 is 0 Å². The molecule has 0 radical (unpaired) electrons. The van der Waals surface area contributed by atoms with Crippen molar-refractivity contribution in [3.8, 4) is 0 Å². The Morgan fingerprint density at radius 3 is 2.70 bits per heavy atom. The summed E-state index contributed by atoms with van der Waals surface area (Å²) in [6, 6.07) is 18.4. The minimum Gasteiger partial charge on any atom is -0.376 e. The van der Waals surface area contributed by atoms with Crippen molar-refractivity contribution in [3.63, 3.8) is 0 Å². The van der Waals surface area contributed by atoms with Gasteiger partial charge in [-0.3, -0.25) is 14.6 Å². The molecule has 37 heavy (non-hydrogen) atoms. The van der Waals surface area contributed by atoms with Gasteiger partial charge in [-0.05, 0) is 58.8 Å². The lowest BCUT2D eigenvalue weighted by atomic mass is 10.0. The SMILES string of the molecule is Cc1ccc2cc([C@H](c3nnnn3C[C@H]3CCCO3)N3CCN(Cc4ccccc4)CC3)c(=O)[nH]c2c1. The van der Waals surface area contributed by atoms with Gasteiger partial charge in [0.15, 0.2) is 5.82 Å². The number of aromatic amines is 1. The molecule has 0 saturated carbocycles. The number of pyridine rings is 1. The number of benzene rings is 2. The molecule has 2 atom stereocenters. The summed E-state index contributed by atoms with van der Waals surface area (Å²) in [5, 5.41) is 13.8. The number of piperazine rings is 1. The number of rotatable bonds is 7. The van der Waals surface area contributed by atoms with Crippen LogP contribution in [0.15, 0.2) is 59.4 Å². The van der Waals surface area contributed by atoms with E-state index in [1.165, 1.54) is 5.56 Å². The van der Waals surface area contributed by atoms with Gasteiger partial charge in [0.2, 0.25) is 0 Å². The molecule has 0 spiro atoms. The third-order valence-corrected chi connectivity index (χ3v) is 7.55. The van der Waals surface area contributed by atoms with Crippen molar-refractivity contribution in [3.05, 3.63) is 87.5 Å². The predicted molar refractivity (Wildman–Crippen MR) is 141 cm³/mol. The molecule has 2 aliphatic rings. The Kier molecular flexibility index (Phi) is 6.82. The number of aromatic nitrogens is 5. The van der Waals surface area contributed by atoms with E-state index in [2.05, 4.69) is 72.8 Å². The van der Waals surface area contributed by atoms with Gasteiger partial charge in [-0.15, -0.1) is 5.10 Å². The van der Waals surface area contributed by atoms with Crippen molar-refractivity contribution in [2.75, 3.05) is 32.8 Å². The second-order valence-electron chi connectivity index (χ2n) is 10.2. The van der Waals surface area contributed by atoms with Crippen LogP contribution in [0, 0.1) is 6.92 Å². The Hall–Kier alpha value is -3.40. The van der Waals surface area contributed by atoms with Crippen molar-refractivity contribution < 1.29 is 4.74 Å². The van der Waals surface area contributed by atoms with Crippen molar-refractivity contribution >= 4 is 10.9 Å². The van der Waals surface area contributed by atoms with Crippen LogP contribution in [0.1, 0.15) is 41.4 Å². The van der Waals surface area contributed by atoms with E-state index in [1.807, 2.05) is 23.7 Å². The molecular weight excluding hydrogens is 466 g/mol. The first-order valence-electron chi connectivity index (χ1n) is 13.2. The fraction of sp³-hybridized carbons (Fsp3) is 0.429. The van der Waals surface area contributed by atoms with Gasteiger partial charge in [-0.1, -0.05) is 42.5 Å². The van der Waals surface area contributed by atoms with Crippen LogP contribution in [0.2, 0.25) is 0 Å². The largest absolute Gasteiger partial charge is 0.376 e. The highest BCUT2D eigenvalue weighted by atomic mass is 16.5. The Labute approximate surface area is 216 Å².